The van der Waals surface area contributed by atoms with E-state index in [1.807, 2.05) is 24.3 Å². The molecule has 0 spiro atoms. The van der Waals surface area contributed by atoms with Gasteiger partial charge in [0, 0.05) is 23.6 Å². The Labute approximate surface area is 107 Å². The summed E-state index contributed by atoms with van der Waals surface area (Å²) in [4.78, 5) is 0. The van der Waals surface area contributed by atoms with Crippen molar-refractivity contribution in [2.75, 3.05) is 6.61 Å². The lowest BCUT2D eigenvalue weighted by Crippen LogP contribution is -1.93. The second-order valence-electron chi connectivity index (χ2n) is 3.50. The summed E-state index contributed by atoms with van der Waals surface area (Å²) in [6.45, 7) is 0.402. The average molecular weight is 298 g/mol. The van der Waals surface area contributed by atoms with E-state index in [-0.39, 0.29) is 6.61 Å². The molecule has 0 aliphatic heterocycles. The van der Waals surface area contributed by atoms with Crippen molar-refractivity contribution >= 4 is 15.9 Å². The summed E-state index contributed by atoms with van der Waals surface area (Å²) in [6, 6.07) is 9.35. The zero-order valence-electron chi connectivity index (χ0n) is 9.10. The molecule has 0 bridgehead atoms. The van der Waals surface area contributed by atoms with Gasteiger partial charge in [0.2, 0.25) is 0 Å². The van der Waals surface area contributed by atoms with E-state index in [9.17, 15) is 0 Å². The van der Waals surface area contributed by atoms with E-state index in [0.29, 0.717) is 18.8 Å². The van der Waals surface area contributed by atoms with Crippen LogP contribution in [0.2, 0.25) is 0 Å². The molecule has 0 aliphatic carbocycles. The van der Waals surface area contributed by atoms with E-state index in [1.165, 1.54) is 0 Å². The number of ether oxygens (including phenoxy) is 1. The van der Waals surface area contributed by atoms with Crippen molar-refractivity contribution in [3.05, 3.63) is 46.3 Å². The van der Waals surface area contributed by atoms with Gasteiger partial charge in [-0.3, -0.25) is 0 Å². The van der Waals surface area contributed by atoms with E-state index < -0.39 is 0 Å². The number of aromatic nitrogens is 1. The van der Waals surface area contributed by atoms with Gasteiger partial charge >= 0.3 is 0 Å². The van der Waals surface area contributed by atoms with Crippen LogP contribution in [-0.2, 0) is 13.0 Å². The molecule has 0 saturated carbocycles. The lowest BCUT2D eigenvalue weighted by Gasteiger charge is -2.02. The number of nitrogens with zero attached hydrogens (tertiary/aromatic N) is 1. The first-order valence-electron chi connectivity index (χ1n) is 5.21. The summed E-state index contributed by atoms with van der Waals surface area (Å²) >= 11 is 3.35. The van der Waals surface area contributed by atoms with Crippen molar-refractivity contribution in [1.29, 1.82) is 0 Å². The van der Waals surface area contributed by atoms with Crippen molar-refractivity contribution in [1.82, 2.24) is 5.16 Å². The first-order valence-corrected chi connectivity index (χ1v) is 6.01. The normalized spacial score (nSPS) is 10.5. The van der Waals surface area contributed by atoms with Crippen LogP contribution in [0.25, 0.3) is 0 Å². The largest absolute Gasteiger partial charge is 0.486 e. The minimum Gasteiger partial charge on any atom is -0.486 e. The van der Waals surface area contributed by atoms with Gasteiger partial charge in [0.05, 0.1) is 5.69 Å². The van der Waals surface area contributed by atoms with Crippen LogP contribution < -0.4 is 4.74 Å². The van der Waals surface area contributed by atoms with Crippen LogP contribution in [0.15, 0.2) is 39.3 Å². The van der Waals surface area contributed by atoms with E-state index in [4.69, 9.17) is 14.4 Å². The minimum absolute atomic E-state index is 0.0690. The van der Waals surface area contributed by atoms with Gasteiger partial charge in [-0.2, -0.15) is 0 Å². The molecule has 90 valence electrons. The van der Waals surface area contributed by atoms with Crippen molar-refractivity contribution < 1.29 is 14.4 Å². The second kappa shape index (κ2) is 5.84. The van der Waals surface area contributed by atoms with Gasteiger partial charge in [0.1, 0.15) is 12.4 Å². The summed E-state index contributed by atoms with van der Waals surface area (Å²) in [6.07, 6.45) is 0.502. The quantitative estimate of drug-likeness (QED) is 0.921. The second-order valence-corrected chi connectivity index (χ2v) is 4.42. The fourth-order valence-electron chi connectivity index (χ4n) is 1.34. The van der Waals surface area contributed by atoms with Crippen LogP contribution in [0.1, 0.15) is 11.5 Å². The molecule has 1 N–H and O–H groups in total. The Morgan fingerprint density at radius 2 is 2.06 bits per heavy atom. The maximum atomic E-state index is 8.75. The number of halogens is 1. The third kappa shape index (κ3) is 3.57. The van der Waals surface area contributed by atoms with Crippen molar-refractivity contribution in [2.24, 2.45) is 0 Å². The molecule has 1 aromatic carbocycles. The fourth-order valence-corrected chi connectivity index (χ4v) is 1.61. The van der Waals surface area contributed by atoms with E-state index in [1.54, 1.807) is 6.07 Å². The van der Waals surface area contributed by atoms with E-state index >= 15 is 0 Å². The monoisotopic (exact) mass is 297 g/mol. The highest BCUT2D eigenvalue weighted by molar-refractivity contribution is 9.10. The number of rotatable bonds is 5. The molecule has 0 aliphatic rings. The molecule has 0 unspecified atom stereocenters. The van der Waals surface area contributed by atoms with Crippen molar-refractivity contribution in [3.8, 4) is 5.75 Å². The Morgan fingerprint density at radius 1 is 1.29 bits per heavy atom. The number of hydrogen-bond donors (Lipinski definition) is 1. The molecule has 0 radical (unpaired) electrons. The summed E-state index contributed by atoms with van der Waals surface area (Å²) in [5.74, 6) is 1.42. The third-order valence-electron chi connectivity index (χ3n) is 2.17. The summed E-state index contributed by atoms with van der Waals surface area (Å²) in [5, 5.41) is 12.6. The smallest absolute Gasteiger partial charge is 0.174 e. The first kappa shape index (κ1) is 12.1. The van der Waals surface area contributed by atoms with E-state index in [0.717, 1.165) is 15.9 Å². The summed E-state index contributed by atoms with van der Waals surface area (Å²) < 4.78 is 11.6. The summed E-state index contributed by atoms with van der Waals surface area (Å²) in [5.41, 5.74) is 0.738. The molecule has 0 saturated heterocycles. The Hall–Kier alpha value is -1.33. The van der Waals surface area contributed by atoms with Crippen molar-refractivity contribution in [3.63, 3.8) is 0 Å². The van der Waals surface area contributed by atoms with Gasteiger partial charge < -0.3 is 14.4 Å². The van der Waals surface area contributed by atoms with E-state index in [2.05, 4.69) is 21.1 Å². The molecular weight excluding hydrogens is 286 g/mol. The van der Waals surface area contributed by atoms with Gasteiger partial charge in [-0.15, -0.1) is 0 Å². The third-order valence-corrected chi connectivity index (χ3v) is 2.70. The highest BCUT2D eigenvalue weighted by Crippen LogP contribution is 2.17. The maximum Gasteiger partial charge on any atom is 0.174 e. The average Bonchev–Trinajstić information content (AvgIpc) is 2.77. The molecule has 17 heavy (non-hydrogen) atoms. The Balaban J connectivity index is 1.90. The van der Waals surface area contributed by atoms with Gasteiger partial charge in [-0.05, 0) is 24.3 Å². The topological polar surface area (TPSA) is 55.5 Å². The van der Waals surface area contributed by atoms with Gasteiger partial charge in [-0.1, -0.05) is 21.1 Å². The molecule has 2 aromatic rings. The highest BCUT2D eigenvalue weighted by Gasteiger charge is 2.04. The van der Waals surface area contributed by atoms with Crippen LogP contribution in [0, 0.1) is 0 Å². The van der Waals surface area contributed by atoms with Gasteiger partial charge in [-0.25, -0.2) is 0 Å². The molecule has 2 rings (SSSR count). The zero-order chi connectivity index (χ0) is 12.1. The van der Waals surface area contributed by atoms with Crippen LogP contribution in [0.4, 0.5) is 0 Å². The highest BCUT2D eigenvalue weighted by atomic mass is 79.9. The zero-order valence-corrected chi connectivity index (χ0v) is 10.7. The van der Waals surface area contributed by atoms with Crippen LogP contribution in [0.5, 0.6) is 5.75 Å². The predicted octanol–water partition coefficient (Wildman–Crippen LogP) is 2.55. The lowest BCUT2D eigenvalue weighted by atomic mass is 10.3. The number of aliphatic hydroxyl groups excluding tert-OH is 1. The standard InChI is InChI=1S/C12H12BrNO3/c13-9-1-3-11(4-2-9)16-8-12-7-10(5-6-15)14-17-12/h1-4,7,15H,5-6,8H2. The lowest BCUT2D eigenvalue weighted by molar-refractivity contribution is 0.247. The SMILES string of the molecule is OCCc1cc(COc2ccc(Br)cc2)on1. The van der Waals surface area contributed by atoms with Gasteiger partial charge in [0.15, 0.2) is 5.76 Å². The molecular formula is C12H12BrNO3. The number of aliphatic hydroxyl groups is 1. The van der Waals surface area contributed by atoms with Crippen LogP contribution in [-0.4, -0.2) is 16.9 Å². The van der Waals surface area contributed by atoms with Gasteiger partial charge in [0.25, 0.3) is 0 Å². The maximum absolute atomic E-state index is 8.75. The van der Waals surface area contributed by atoms with Crippen LogP contribution in [0.3, 0.4) is 0 Å². The molecule has 5 heteroatoms. The molecule has 0 amide bonds. The number of hydrogen-bond acceptors (Lipinski definition) is 4. The Morgan fingerprint density at radius 3 is 2.76 bits per heavy atom. The Kier molecular flexibility index (Phi) is 4.17. The molecule has 1 heterocycles. The summed E-state index contributed by atoms with van der Waals surface area (Å²) in [7, 11) is 0. The van der Waals surface area contributed by atoms with Crippen molar-refractivity contribution in [2.45, 2.75) is 13.0 Å². The molecule has 0 atom stereocenters. The fraction of sp³-hybridized carbons (Fsp3) is 0.250. The Bertz CT molecular complexity index is 467. The van der Waals surface area contributed by atoms with Crippen LogP contribution >= 0.6 is 15.9 Å². The number of benzene rings is 1. The molecule has 4 nitrogen and oxygen atoms in total. The predicted molar refractivity (Wildman–Crippen MR) is 65.8 cm³/mol. The molecule has 1 aromatic heterocycles. The minimum atomic E-state index is 0.0690. The first-order chi connectivity index (χ1) is 8.28. The molecule has 0 fully saturated rings.